The van der Waals surface area contributed by atoms with E-state index in [0.717, 1.165) is 18.9 Å². The molecule has 1 aliphatic carbocycles. The molecular formula is C18H25F3N4. The van der Waals surface area contributed by atoms with Crippen LogP contribution in [0.4, 0.5) is 13.2 Å². The van der Waals surface area contributed by atoms with Gasteiger partial charge in [-0.05, 0) is 24.5 Å². The molecule has 7 heteroatoms. The van der Waals surface area contributed by atoms with E-state index < -0.39 is 12.2 Å². The molecule has 4 nitrogen and oxygen atoms in total. The summed E-state index contributed by atoms with van der Waals surface area (Å²) >= 11 is 0. The minimum atomic E-state index is -4.17. The van der Waals surface area contributed by atoms with E-state index in [9.17, 15) is 13.2 Å². The Morgan fingerprint density at radius 1 is 1.24 bits per heavy atom. The number of piperazine rings is 1. The highest BCUT2D eigenvalue weighted by Gasteiger charge is 2.41. The van der Waals surface area contributed by atoms with Crippen LogP contribution >= 0.6 is 0 Å². The molecule has 1 aliphatic heterocycles. The molecule has 1 N–H and O–H groups in total. The predicted molar refractivity (Wildman–Crippen MR) is 92.9 cm³/mol. The molecular weight excluding hydrogens is 329 g/mol. The van der Waals surface area contributed by atoms with Crippen LogP contribution < -0.4 is 5.32 Å². The number of rotatable bonds is 3. The number of nitrogens with one attached hydrogen (secondary N) is 1. The van der Waals surface area contributed by atoms with Crippen molar-refractivity contribution in [2.45, 2.75) is 31.5 Å². The average Bonchev–Trinajstić information content (AvgIpc) is 2.58. The third-order valence-electron chi connectivity index (χ3n) is 5.31. The molecule has 0 saturated carbocycles. The van der Waals surface area contributed by atoms with Crippen LogP contribution in [0.3, 0.4) is 0 Å². The smallest absolute Gasteiger partial charge is 0.356 e. The highest BCUT2D eigenvalue weighted by molar-refractivity contribution is 5.80. The quantitative estimate of drug-likeness (QED) is 0.668. The molecule has 2 aliphatic rings. The zero-order chi connectivity index (χ0) is 18.0. The van der Waals surface area contributed by atoms with Crippen molar-refractivity contribution in [3.8, 4) is 0 Å². The molecule has 2 unspecified atom stereocenters. The molecule has 2 atom stereocenters. The van der Waals surface area contributed by atoms with Crippen molar-refractivity contribution in [1.82, 2.24) is 15.1 Å². The van der Waals surface area contributed by atoms with Crippen LogP contribution in [0.2, 0.25) is 0 Å². The third-order valence-corrected chi connectivity index (χ3v) is 5.31. The van der Waals surface area contributed by atoms with Gasteiger partial charge < -0.3 is 10.2 Å². The zero-order valence-electron chi connectivity index (χ0n) is 14.7. The van der Waals surface area contributed by atoms with Crippen molar-refractivity contribution in [1.29, 1.82) is 0 Å². The van der Waals surface area contributed by atoms with Crippen LogP contribution in [0, 0.1) is 0 Å². The van der Waals surface area contributed by atoms with Gasteiger partial charge in [0.25, 0.3) is 0 Å². The third kappa shape index (κ3) is 3.92. The summed E-state index contributed by atoms with van der Waals surface area (Å²) in [5, 5.41) is 3.39. The summed E-state index contributed by atoms with van der Waals surface area (Å²) in [6.45, 7) is 3.95. The fourth-order valence-electron chi connectivity index (χ4n) is 3.62. The number of halogens is 3. The Labute approximate surface area is 146 Å². The Kier molecular flexibility index (Phi) is 5.22. The summed E-state index contributed by atoms with van der Waals surface area (Å²) in [6, 6.07) is 7.03. The van der Waals surface area contributed by atoms with Crippen molar-refractivity contribution in [3.05, 3.63) is 35.4 Å². The second-order valence-electron chi connectivity index (χ2n) is 6.77. The van der Waals surface area contributed by atoms with Gasteiger partial charge in [0.05, 0.1) is 0 Å². The first kappa shape index (κ1) is 18.0. The molecule has 138 valence electrons. The van der Waals surface area contributed by atoms with Crippen LogP contribution in [-0.2, 0) is 6.42 Å². The van der Waals surface area contributed by atoms with Gasteiger partial charge in [-0.2, -0.15) is 13.2 Å². The average molecular weight is 354 g/mol. The highest BCUT2D eigenvalue weighted by Crippen LogP contribution is 2.34. The first-order valence-corrected chi connectivity index (χ1v) is 8.74. The molecule has 0 bridgehead atoms. The molecule has 0 radical (unpaired) electrons. The van der Waals surface area contributed by atoms with Crippen molar-refractivity contribution in [2.24, 2.45) is 4.99 Å². The molecule has 1 heterocycles. The number of guanidine groups is 1. The zero-order valence-corrected chi connectivity index (χ0v) is 14.7. The van der Waals surface area contributed by atoms with Gasteiger partial charge in [-0.1, -0.05) is 24.3 Å². The maximum absolute atomic E-state index is 12.8. The Morgan fingerprint density at radius 3 is 2.52 bits per heavy atom. The Hall–Kier alpha value is -1.76. The van der Waals surface area contributed by atoms with E-state index in [1.807, 2.05) is 4.90 Å². The molecule has 1 fully saturated rings. The monoisotopic (exact) mass is 354 g/mol. The number of benzene rings is 1. The number of nitrogens with zero attached hydrogens (tertiary/aromatic N) is 3. The second-order valence-corrected chi connectivity index (χ2v) is 6.77. The standard InChI is InChI=1S/C18H25F3N4/c1-13(18(19,20)21)24-7-9-25(10-8-24)17(22-2)23-12-15-11-14-5-3-4-6-16(14)15/h3-6,13,15H,7-12H2,1-2H3,(H,22,23). The summed E-state index contributed by atoms with van der Waals surface area (Å²) in [5.41, 5.74) is 2.79. The lowest BCUT2D eigenvalue weighted by Gasteiger charge is -2.40. The minimum Gasteiger partial charge on any atom is -0.356 e. The van der Waals surface area contributed by atoms with Crippen LogP contribution in [0.1, 0.15) is 24.0 Å². The Balaban J connectivity index is 1.49. The van der Waals surface area contributed by atoms with E-state index in [1.54, 1.807) is 7.05 Å². The molecule has 0 spiro atoms. The topological polar surface area (TPSA) is 30.9 Å². The second kappa shape index (κ2) is 7.23. The molecule has 0 amide bonds. The SMILES string of the molecule is CN=C(NCC1Cc2ccccc21)N1CCN(C(C)C(F)(F)F)CC1. The highest BCUT2D eigenvalue weighted by atomic mass is 19.4. The van der Waals surface area contributed by atoms with E-state index in [-0.39, 0.29) is 0 Å². The number of alkyl halides is 3. The summed E-state index contributed by atoms with van der Waals surface area (Å²) < 4.78 is 38.5. The molecule has 1 saturated heterocycles. The molecule has 25 heavy (non-hydrogen) atoms. The van der Waals surface area contributed by atoms with E-state index in [1.165, 1.54) is 23.0 Å². The Bertz CT molecular complexity index is 621. The van der Waals surface area contributed by atoms with E-state index >= 15 is 0 Å². The minimum absolute atomic E-state index is 0.396. The van der Waals surface area contributed by atoms with Crippen LogP contribution in [0.5, 0.6) is 0 Å². The first-order valence-electron chi connectivity index (χ1n) is 8.74. The maximum atomic E-state index is 12.8. The summed E-state index contributed by atoms with van der Waals surface area (Å²) in [6.07, 6.45) is -3.10. The predicted octanol–water partition coefficient (Wildman–Crippen LogP) is 2.47. The lowest BCUT2D eigenvalue weighted by molar-refractivity contribution is -0.181. The van der Waals surface area contributed by atoms with Crippen molar-refractivity contribution in [3.63, 3.8) is 0 Å². The van der Waals surface area contributed by atoms with E-state index in [4.69, 9.17) is 0 Å². The molecule has 0 aromatic heterocycles. The number of fused-ring (bicyclic) bond motifs is 1. The fourth-order valence-corrected chi connectivity index (χ4v) is 3.62. The first-order chi connectivity index (χ1) is 11.9. The summed E-state index contributed by atoms with van der Waals surface area (Å²) in [4.78, 5) is 7.85. The fraction of sp³-hybridized carbons (Fsp3) is 0.611. The van der Waals surface area contributed by atoms with Crippen LogP contribution in [0.25, 0.3) is 0 Å². The molecule has 3 rings (SSSR count). The van der Waals surface area contributed by atoms with E-state index in [0.29, 0.717) is 32.1 Å². The lowest BCUT2D eigenvalue weighted by atomic mass is 9.78. The number of hydrogen-bond donors (Lipinski definition) is 1. The summed E-state index contributed by atoms with van der Waals surface area (Å²) in [5.74, 6) is 1.27. The number of hydrogen-bond acceptors (Lipinski definition) is 2. The number of aliphatic imine (C=N–C) groups is 1. The van der Waals surface area contributed by atoms with Gasteiger partial charge in [0, 0.05) is 45.7 Å². The molecule has 1 aromatic carbocycles. The van der Waals surface area contributed by atoms with Crippen molar-refractivity contribution in [2.75, 3.05) is 39.8 Å². The van der Waals surface area contributed by atoms with Gasteiger partial charge in [-0.25, -0.2) is 0 Å². The van der Waals surface area contributed by atoms with Gasteiger partial charge in [-0.3, -0.25) is 9.89 Å². The Morgan fingerprint density at radius 2 is 1.92 bits per heavy atom. The van der Waals surface area contributed by atoms with Gasteiger partial charge in [-0.15, -0.1) is 0 Å². The largest absolute Gasteiger partial charge is 0.403 e. The molecule has 1 aromatic rings. The van der Waals surface area contributed by atoms with E-state index in [2.05, 4.69) is 34.6 Å². The van der Waals surface area contributed by atoms with Crippen LogP contribution in [0.15, 0.2) is 29.3 Å². The van der Waals surface area contributed by atoms with Gasteiger partial charge >= 0.3 is 6.18 Å². The maximum Gasteiger partial charge on any atom is 0.403 e. The normalized spacial score (nSPS) is 23.0. The van der Waals surface area contributed by atoms with Gasteiger partial charge in [0.2, 0.25) is 0 Å². The summed E-state index contributed by atoms with van der Waals surface area (Å²) in [7, 11) is 1.72. The lowest BCUT2D eigenvalue weighted by Crippen LogP contribution is -2.57. The van der Waals surface area contributed by atoms with Crippen molar-refractivity contribution >= 4 is 5.96 Å². The van der Waals surface area contributed by atoms with Crippen molar-refractivity contribution < 1.29 is 13.2 Å². The van der Waals surface area contributed by atoms with Gasteiger partial charge in [0.1, 0.15) is 6.04 Å². The van der Waals surface area contributed by atoms with Crippen LogP contribution in [-0.4, -0.2) is 67.7 Å². The van der Waals surface area contributed by atoms with Gasteiger partial charge in [0.15, 0.2) is 5.96 Å².